The number of allylic oxidation sites excluding steroid dienone is 1. The molecule has 0 fully saturated rings. The molecule has 0 saturated carbocycles. The summed E-state index contributed by atoms with van der Waals surface area (Å²) in [6.45, 7) is 8.35. The van der Waals surface area contributed by atoms with Crippen LogP contribution in [0.25, 0.3) is 0 Å². The minimum absolute atomic E-state index is 0.0270. The third-order valence-electron chi connectivity index (χ3n) is 6.27. The Kier molecular flexibility index (Phi) is 15.0. The Morgan fingerprint density at radius 3 is 2.58 bits per heavy atom. The second-order valence-electron chi connectivity index (χ2n) is 10.0. The Labute approximate surface area is 202 Å². The number of aliphatic hydroxyl groups excluding tert-OH is 1. The first-order chi connectivity index (χ1) is 15.8. The van der Waals surface area contributed by atoms with Crippen molar-refractivity contribution in [3.8, 4) is 0 Å². The zero-order chi connectivity index (χ0) is 24.5. The van der Waals surface area contributed by atoms with E-state index in [-0.39, 0.29) is 24.0 Å². The number of hydrogen-bond donors (Lipinski definition) is 2. The fourth-order valence-electron chi connectivity index (χ4n) is 3.95. The van der Waals surface area contributed by atoms with Crippen molar-refractivity contribution in [1.82, 2.24) is 10.4 Å². The molecule has 6 heteroatoms. The average Bonchev–Trinajstić information content (AvgIpc) is 2.89. The molecule has 0 radical (unpaired) electrons. The van der Waals surface area contributed by atoms with Crippen molar-refractivity contribution in [2.24, 2.45) is 10.4 Å². The molecule has 1 rings (SSSR count). The summed E-state index contributed by atoms with van der Waals surface area (Å²) in [5, 5.41) is 11.4. The van der Waals surface area contributed by atoms with E-state index in [0.717, 1.165) is 64.2 Å². The first-order valence-corrected chi connectivity index (χ1v) is 13.3. The van der Waals surface area contributed by atoms with Crippen molar-refractivity contribution in [1.29, 1.82) is 0 Å². The minimum atomic E-state index is -0.696. The van der Waals surface area contributed by atoms with Crippen LogP contribution in [-0.4, -0.2) is 46.8 Å². The Bertz CT molecular complexity index is 616. The molecular weight excluding hydrogens is 414 g/mol. The van der Waals surface area contributed by atoms with Crippen molar-refractivity contribution in [3.63, 3.8) is 0 Å². The standard InChI is InChI=1S/C27H49N3O3/c1-5-7-8-15-18-24(31)19-16-13-11-9-10-12-14-17-20-25(32)29-30-21-23(6-2)28-22-27(3,4)26(30)33/h13,16,22-24,31H,5-12,14-15,17-21H2,1-4H3,(H,29,32)/b16-13-/t23?,24-/m1/s1. The molecule has 0 aliphatic carbocycles. The highest BCUT2D eigenvalue weighted by Gasteiger charge is 2.35. The van der Waals surface area contributed by atoms with Crippen molar-refractivity contribution in [2.75, 3.05) is 6.54 Å². The molecule has 0 aromatic heterocycles. The normalized spacial score (nSPS) is 19.1. The van der Waals surface area contributed by atoms with Gasteiger partial charge in [0.1, 0.15) is 0 Å². The number of hydrogen-bond acceptors (Lipinski definition) is 4. The summed E-state index contributed by atoms with van der Waals surface area (Å²) in [7, 11) is 0. The predicted molar refractivity (Wildman–Crippen MR) is 137 cm³/mol. The van der Waals surface area contributed by atoms with Crippen LogP contribution in [0.15, 0.2) is 17.1 Å². The molecule has 0 aromatic carbocycles. The fraction of sp³-hybridized carbons (Fsp3) is 0.815. The topological polar surface area (TPSA) is 82.0 Å². The van der Waals surface area contributed by atoms with Gasteiger partial charge in [0.15, 0.2) is 0 Å². The van der Waals surface area contributed by atoms with Gasteiger partial charge in [-0.1, -0.05) is 70.9 Å². The van der Waals surface area contributed by atoms with Crippen LogP contribution in [0.4, 0.5) is 0 Å². The molecule has 1 aliphatic rings. The Morgan fingerprint density at radius 1 is 1.15 bits per heavy atom. The fourth-order valence-corrected chi connectivity index (χ4v) is 3.95. The molecular formula is C27H49N3O3. The molecule has 2 atom stereocenters. The van der Waals surface area contributed by atoms with Crippen molar-refractivity contribution in [3.05, 3.63) is 12.2 Å². The van der Waals surface area contributed by atoms with Gasteiger partial charge in [-0.2, -0.15) is 0 Å². The molecule has 1 heterocycles. The quantitative estimate of drug-likeness (QED) is 0.213. The summed E-state index contributed by atoms with van der Waals surface area (Å²) >= 11 is 0. The lowest BCUT2D eigenvalue weighted by atomic mass is 9.94. The first-order valence-electron chi connectivity index (χ1n) is 13.3. The lowest BCUT2D eigenvalue weighted by Crippen LogP contribution is -2.52. The molecule has 190 valence electrons. The van der Waals surface area contributed by atoms with Crippen molar-refractivity contribution < 1.29 is 14.7 Å². The number of carbonyl (C=O) groups excluding carboxylic acids is 2. The molecule has 0 aromatic rings. The van der Waals surface area contributed by atoms with Crippen LogP contribution < -0.4 is 5.43 Å². The van der Waals surface area contributed by atoms with Gasteiger partial charge >= 0.3 is 0 Å². The van der Waals surface area contributed by atoms with Crippen LogP contribution in [0.3, 0.4) is 0 Å². The van der Waals surface area contributed by atoms with Gasteiger partial charge in [-0.3, -0.25) is 25.0 Å². The Hall–Kier alpha value is -1.69. The zero-order valence-corrected chi connectivity index (χ0v) is 21.7. The number of unbranched alkanes of at least 4 members (excludes halogenated alkanes) is 8. The highest BCUT2D eigenvalue weighted by atomic mass is 16.3. The number of nitrogens with zero attached hydrogens (tertiary/aromatic N) is 2. The average molecular weight is 464 g/mol. The largest absolute Gasteiger partial charge is 0.393 e. The molecule has 0 saturated heterocycles. The van der Waals surface area contributed by atoms with Gasteiger partial charge in [-0.25, -0.2) is 0 Å². The van der Waals surface area contributed by atoms with Crippen molar-refractivity contribution in [2.45, 2.75) is 130 Å². The molecule has 2 N–H and O–H groups in total. The highest BCUT2D eigenvalue weighted by molar-refractivity contribution is 5.98. The lowest BCUT2D eigenvalue weighted by Gasteiger charge is -2.28. The van der Waals surface area contributed by atoms with Crippen LogP contribution in [0, 0.1) is 5.41 Å². The van der Waals surface area contributed by atoms with Gasteiger partial charge in [0, 0.05) is 12.6 Å². The van der Waals surface area contributed by atoms with Crippen LogP contribution in [-0.2, 0) is 9.59 Å². The molecule has 0 spiro atoms. The van der Waals surface area contributed by atoms with E-state index in [2.05, 4.69) is 29.5 Å². The van der Waals surface area contributed by atoms with Gasteiger partial charge in [-0.05, 0) is 52.4 Å². The molecule has 33 heavy (non-hydrogen) atoms. The van der Waals surface area contributed by atoms with E-state index in [1.807, 2.05) is 20.8 Å². The lowest BCUT2D eigenvalue weighted by molar-refractivity contribution is -0.145. The van der Waals surface area contributed by atoms with E-state index < -0.39 is 5.41 Å². The van der Waals surface area contributed by atoms with Crippen LogP contribution in [0.2, 0.25) is 0 Å². The second-order valence-corrected chi connectivity index (χ2v) is 10.0. The van der Waals surface area contributed by atoms with E-state index in [1.165, 1.54) is 24.3 Å². The number of aliphatic imine (C=N–C) groups is 1. The highest BCUT2D eigenvalue weighted by Crippen LogP contribution is 2.20. The van der Waals surface area contributed by atoms with E-state index >= 15 is 0 Å². The number of amides is 2. The van der Waals surface area contributed by atoms with Gasteiger partial charge in [0.25, 0.3) is 5.91 Å². The number of nitrogens with one attached hydrogen (secondary N) is 1. The minimum Gasteiger partial charge on any atom is -0.393 e. The maximum atomic E-state index is 12.7. The van der Waals surface area contributed by atoms with Gasteiger partial charge in [-0.15, -0.1) is 0 Å². The number of aliphatic hydroxyl groups is 1. The monoisotopic (exact) mass is 463 g/mol. The summed E-state index contributed by atoms with van der Waals surface area (Å²) in [4.78, 5) is 29.6. The summed E-state index contributed by atoms with van der Waals surface area (Å²) < 4.78 is 0. The molecule has 6 nitrogen and oxygen atoms in total. The predicted octanol–water partition coefficient (Wildman–Crippen LogP) is 5.74. The maximum absolute atomic E-state index is 12.7. The van der Waals surface area contributed by atoms with Gasteiger partial charge in [0.05, 0.1) is 24.1 Å². The summed E-state index contributed by atoms with van der Waals surface area (Å²) in [5.41, 5.74) is 2.12. The SMILES string of the molecule is CCCCCC[C@@H](O)C/C=C\CCCCCCCC(=O)NN1CC(CC)N=CC(C)(C)C1=O. The van der Waals surface area contributed by atoms with Gasteiger partial charge < -0.3 is 5.11 Å². The van der Waals surface area contributed by atoms with Crippen LogP contribution in [0.1, 0.15) is 118 Å². The van der Waals surface area contributed by atoms with Crippen LogP contribution >= 0.6 is 0 Å². The number of rotatable bonds is 17. The second kappa shape index (κ2) is 16.9. The number of carbonyl (C=O) groups is 2. The summed E-state index contributed by atoms with van der Waals surface area (Å²) in [6, 6.07) is 0.0270. The van der Waals surface area contributed by atoms with E-state index in [9.17, 15) is 14.7 Å². The number of hydrazine groups is 1. The van der Waals surface area contributed by atoms with Gasteiger partial charge in [0.2, 0.25) is 5.91 Å². The Balaban J connectivity index is 2.10. The maximum Gasteiger partial charge on any atom is 0.252 e. The molecule has 0 bridgehead atoms. The van der Waals surface area contributed by atoms with E-state index in [4.69, 9.17) is 0 Å². The Morgan fingerprint density at radius 2 is 1.85 bits per heavy atom. The van der Waals surface area contributed by atoms with E-state index in [0.29, 0.717) is 13.0 Å². The third-order valence-corrected chi connectivity index (χ3v) is 6.27. The molecule has 2 amide bonds. The summed E-state index contributed by atoms with van der Waals surface area (Å²) in [6.07, 6.45) is 20.0. The summed E-state index contributed by atoms with van der Waals surface area (Å²) in [5.74, 6) is -0.195. The molecule has 1 aliphatic heterocycles. The van der Waals surface area contributed by atoms with E-state index in [1.54, 1.807) is 6.21 Å². The molecule has 1 unspecified atom stereocenters. The van der Waals surface area contributed by atoms with Crippen molar-refractivity contribution >= 4 is 18.0 Å². The zero-order valence-electron chi connectivity index (χ0n) is 21.7. The first kappa shape index (κ1) is 29.3. The third kappa shape index (κ3) is 13.0. The van der Waals surface area contributed by atoms with Crippen LogP contribution in [0.5, 0.6) is 0 Å². The smallest absolute Gasteiger partial charge is 0.252 e.